The van der Waals surface area contributed by atoms with E-state index < -0.39 is 0 Å². The van der Waals surface area contributed by atoms with Crippen LogP contribution in [0.4, 0.5) is 0 Å². The fraction of sp³-hybridized carbons (Fsp3) is 0.292. The molecule has 1 aliphatic heterocycles. The molecule has 2 atom stereocenters. The largest absolute Gasteiger partial charge is 0.391 e. The summed E-state index contributed by atoms with van der Waals surface area (Å²) in [6, 6.07) is 18.4. The predicted octanol–water partition coefficient (Wildman–Crippen LogP) is 4.83. The molecule has 3 heterocycles. The van der Waals surface area contributed by atoms with Crippen LogP contribution in [0.3, 0.4) is 0 Å². The molecule has 1 fully saturated rings. The van der Waals surface area contributed by atoms with Crippen LogP contribution in [0.1, 0.15) is 53.0 Å². The Hall–Kier alpha value is -3.05. The molecule has 5 heteroatoms. The van der Waals surface area contributed by atoms with Crippen LogP contribution < -0.4 is 5.32 Å². The molecule has 0 amide bonds. The van der Waals surface area contributed by atoms with E-state index in [4.69, 9.17) is 4.84 Å². The number of nitrogens with zero attached hydrogens (tertiary/aromatic N) is 3. The van der Waals surface area contributed by atoms with Crippen LogP contribution in [0.15, 0.2) is 72.1 Å². The van der Waals surface area contributed by atoms with Crippen molar-refractivity contribution < 1.29 is 4.84 Å². The maximum Gasteiger partial charge on any atom is 0.142 e. The molecule has 1 aliphatic rings. The standard InChI is InChI=1S/C24H26N4O/c1-17-8-6-12-25-23(17)21-14-20(28-29-16-19-10-4-3-5-11-19)15-22(27-21)24-18(2)9-7-13-26-24/h3-13,21-22,27H,14-16H2,1-2H3/t21-,22+. The fourth-order valence-electron chi connectivity index (χ4n) is 3.84. The van der Waals surface area contributed by atoms with Crippen molar-refractivity contribution in [1.29, 1.82) is 0 Å². The molecule has 2 aromatic heterocycles. The lowest BCUT2D eigenvalue weighted by Crippen LogP contribution is -2.37. The molecule has 1 N–H and O–H groups in total. The number of hydrogen-bond acceptors (Lipinski definition) is 5. The number of rotatable bonds is 5. The van der Waals surface area contributed by atoms with E-state index in [2.05, 4.69) is 46.4 Å². The molecule has 0 spiro atoms. The second-order valence-electron chi connectivity index (χ2n) is 7.51. The van der Waals surface area contributed by atoms with E-state index in [0.717, 1.165) is 35.5 Å². The first kappa shape index (κ1) is 19.3. The Kier molecular flexibility index (Phi) is 5.96. The summed E-state index contributed by atoms with van der Waals surface area (Å²) in [7, 11) is 0. The third kappa shape index (κ3) is 4.69. The van der Waals surface area contributed by atoms with Gasteiger partial charge in [-0.1, -0.05) is 47.6 Å². The van der Waals surface area contributed by atoms with Crippen LogP contribution in [0.5, 0.6) is 0 Å². The van der Waals surface area contributed by atoms with E-state index in [-0.39, 0.29) is 12.1 Å². The zero-order chi connectivity index (χ0) is 20.1. The molecule has 3 aromatic rings. The van der Waals surface area contributed by atoms with Crippen LogP contribution >= 0.6 is 0 Å². The Labute approximate surface area is 171 Å². The Morgan fingerprint density at radius 3 is 2.00 bits per heavy atom. The third-order valence-corrected chi connectivity index (χ3v) is 5.31. The lowest BCUT2D eigenvalue weighted by atomic mass is 9.90. The quantitative estimate of drug-likeness (QED) is 0.638. The first-order chi connectivity index (χ1) is 14.2. The predicted molar refractivity (Wildman–Crippen MR) is 114 cm³/mol. The number of benzene rings is 1. The normalized spacial score (nSPS) is 20.6. The monoisotopic (exact) mass is 386 g/mol. The number of nitrogens with one attached hydrogen (secondary N) is 1. The van der Waals surface area contributed by atoms with Crippen LogP contribution in [0, 0.1) is 13.8 Å². The van der Waals surface area contributed by atoms with Crippen molar-refractivity contribution in [1.82, 2.24) is 15.3 Å². The first-order valence-electron chi connectivity index (χ1n) is 10.0. The summed E-state index contributed by atoms with van der Waals surface area (Å²) in [4.78, 5) is 15.0. The molecule has 29 heavy (non-hydrogen) atoms. The van der Waals surface area contributed by atoms with Crippen LogP contribution in [0.2, 0.25) is 0 Å². The van der Waals surface area contributed by atoms with Gasteiger partial charge in [-0.3, -0.25) is 15.3 Å². The summed E-state index contributed by atoms with van der Waals surface area (Å²) in [5.74, 6) is 0. The number of pyridine rings is 2. The summed E-state index contributed by atoms with van der Waals surface area (Å²) in [5.41, 5.74) is 6.61. The molecule has 1 saturated heterocycles. The van der Waals surface area contributed by atoms with Gasteiger partial charge in [0, 0.05) is 25.2 Å². The molecule has 1 aromatic carbocycles. The fourth-order valence-corrected chi connectivity index (χ4v) is 3.84. The van der Waals surface area contributed by atoms with Gasteiger partial charge in [-0.15, -0.1) is 0 Å². The maximum atomic E-state index is 5.71. The van der Waals surface area contributed by atoms with Gasteiger partial charge < -0.3 is 4.84 Å². The smallest absolute Gasteiger partial charge is 0.142 e. The van der Waals surface area contributed by atoms with Gasteiger partial charge in [0.15, 0.2) is 0 Å². The zero-order valence-electron chi connectivity index (χ0n) is 16.9. The number of hydrogen-bond donors (Lipinski definition) is 1. The van der Waals surface area contributed by atoms with Gasteiger partial charge >= 0.3 is 0 Å². The number of aryl methyl sites for hydroxylation is 2. The molecular weight excluding hydrogens is 360 g/mol. The number of piperidine rings is 1. The van der Waals surface area contributed by atoms with Gasteiger partial charge in [0.1, 0.15) is 6.61 Å². The second kappa shape index (κ2) is 8.97. The van der Waals surface area contributed by atoms with Crippen molar-refractivity contribution in [3.05, 3.63) is 95.1 Å². The van der Waals surface area contributed by atoms with E-state index in [1.165, 1.54) is 11.1 Å². The highest BCUT2D eigenvalue weighted by Crippen LogP contribution is 2.32. The van der Waals surface area contributed by atoms with Crippen molar-refractivity contribution in [3.63, 3.8) is 0 Å². The van der Waals surface area contributed by atoms with Gasteiger partial charge in [0.05, 0.1) is 29.2 Å². The molecule has 0 bridgehead atoms. The molecule has 0 aliphatic carbocycles. The highest BCUT2D eigenvalue weighted by molar-refractivity contribution is 5.86. The van der Waals surface area contributed by atoms with E-state index in [1.54, 1.807) is 0 Å². The van der Waals surface area contributed by atoms with Crippen molar-refractivity contribution >= 4 is 5.71 Å². The van der Waals surface area contributed by atoms with Crippen molar-refractivity contribution in [2.24, 2.45) is 5.16 Å². The molecule has 0 unspecified atom stereocenters. The summed E-state index contributed by atoms with van der Waals surface area (Å²) in [6.07, 6.45) is 5.24. The Balaban J connectivity index is 1.58. The lowest BCUT2D eigenvalue weighted by Gasteiger charge is -2.32. The lowest BCUT2D eigenvalue weighted by molar-refractivity contribution is 0.127. The summed E-state index contributed by atoms with van der Waals surface area (Å²) < 4.78 is 0. The van der Waals surface area contributed by atoms with Crippen molar-refractivity contribution in [2.75, 3.05) is 0 Å². The highest BCUT2D eigenvalue weighted by Gasteiger charge is 2.30. The minimum atomic E-state index is 0.0791. The number of oxime groups is 1. The van der Waals surface area contributed by atoms with Gasteiger partial charge in [-0.2, -0.15) is 0 Å². The summed E-state index contributed by atoms with van der Waals surface area (Å²) >= 11 is 0. The van der Waals surface area contributed by atoms with Crippen molar-refractivity contribution in [3.8, 4) is 0 Å². The van der Waals surface area contributed by atoms with E-state index in [1.807, 2.05) is 54.9 Å². The SMILES string of the molecule is Cc1cccnc1[C@@H]1CC(=NOCc2ccccc2)C[C@H](c2ncccc2C)N1. The number of aromatic nitrogens is 2. The van der Waals surface area contributed by atoms with Gasteiger partial charge in [-0.25, -0.2) is 0 Å². The molecule has 0 saturated carbocycles. The van der Waals surface area contributed by atoms with Crippen molar-refractivity contribution in [2.45, 2.75) is 45.4 Å². The second-order valence-corrected chi connectivity index (χ2v) is 7.51. The maximum absolute atomic E-state index is 5.71. The first-order valence-corrected chi connectivity index (χ1v) is 10.0. The molecule has 0 radical (unpaired) electrons. The molecule has 148 valence electrons. The third-order valence-electron chi connectivity index (χ3n) is 5.31. The Morgan fingerprint density at radius 1 is 0.862 bits per heavy atom. The zero-order valence-corrected chi connectivity index (χ0v) is 16.9. The van der Waals surface area contributed by atoms with E-state index >= 15 is 0 Å². The van der Waals surface area contributed by atoms with Crippen LogP contribution in [-0.4, -0.2) is 15.7 Å². The minimum Gasteiger partial charge on any atom is -0.391 e. The molecule has 4 rings (SSSR count). The minimum absolute atomic E-state index is 0.0791. The van der Waals surface area contributed by atoms with Gasteiger partial charge in [0.2, 0.25) is 0 Å². The topological polar surface area (TPSA) is 59.4 Å². The Bertz CT molecular complexity index is 931. The van der Waals surface area contributed by atoms with Crippen LogP contribution in [-0.2, 0) is 11.4 Å². The van der Waals surface area contributed by atoms with Crippen LogP contribution in [0.25, 0.3) is 0 Å². The Morgan fingerprint density at radius 2 is 1.45 bits per heavy atom. The molecular formula is C24H26N4O. The average molecular weight is 386 g/mol. The summed E-state index contributed by atoms with van der Waals surface area (Å²) in [5, 5.41) is 8.25. The van der Waals surface area contributed by atoms with Gasteiger partial charge in [0.25, 0.3) is 0 Å². The average Bonchev–Trinajstić information content (AvgIpc) is 2.75. The molecule has 5 nitrogen and oxygen atoms in total. The summed E-state index contributed by atoms with van der Waals surface area (Å²) in [6.45, 7) is 4.67. The van der Waals surface area contributed by atoms with E-state index in [0.29, 0.717) is 6.61 Å². The van der Waals surface area contributed by atoms with E-state index in [9.17, 15) is 0 Å². The highest BCUT2D eigenvalue weighted by atomic mass is 16.6. The van der Waals surface area contributed by atoms with Gasteiger partial charge in [-0.05, 0) is 42.7 Å².